The third kappa shape index (κ3) is 1.68. The topological polar surface area (TPSA) is 60.4 Å². The van der Waals surface area contributed by atoms with Gasteiger partial charge in [-0.2, -0.15) is 8.42 Å². The summed E-state index contributed by atoms with van der Waals surface area (Å²) in [6, 6.07) is 8.38. The monoisotopic (exact) mass is 226 g/mol. The van der Waals surface area contributed by atoms with Crippen molar-refractivity contribution >= 4 is 15.9 Å². The van der Waals surface area contributed by atoms with Crippen molar-refractivity contribution in [1.82, 2.24) is 0 Å². The molecule has 1 aromatic rings. The first-order valence-corrected chi connectivity index (χ1v) is 6.00. The quantitative estimate of drug-likeness (QED) is 0.671. The molecular weight excluding hydrogens is 216 g/mol. The summed E-state index contributed by atoms with van der Waals surface area (Å²) in [6.07, 6.45) is -0.875. The molecule has 2 atom stereocenters. The van der Waals surface area contributed by atoms with Gasteiger partial charge in [-0.05, 0) is 12.5 Å². The highest BCUT2D eigenvalue weighted by molar-refractivity contribution is 7.88. The van der Waals surface area contributed by atoms with E-state index in [4.69, 9.17) is 0 Å². The minimum Gasteiger partial charge on any atom is -0.295 e. The summed E-state index contributed by atoms with van der Waals surface area (Å²) >= 11 is 0. The van der Waals surface area contributed by atoms with Crippen LogP contribution in [0.1, 0.15) is 17.7 Å². The van der Waals surface area contributed by atoms with Gasteiger partial charge in [-0.1, -0.05) is 30.3 Å². The Balaban J connectivity index is 2.50. The molecule has 0 aliphatic carbocycles. The first kappa shape index (κ1) is 10.3. The zero-order chi connectivity index (χ0) is 11.1. The molecule has 0 aromatic heterocycles. The van der Waals surface area contributed by atoms with Gasteiger partial charge >= 0.3 is 0 Å². The maximum atomic E-state index is 11.6. The molecule has 80 valence electrons. The van der Waals surface area contributed by atoms with Crippen LogP contribution in [0.4, 0.5) is 0 Å². The van der Waals surface area contributed by atoms with Crippen molar-refractivity contribution in [2.45, 2.75) is 18.3 Å². The van der Waals surface area contributed by atoms with Gasteiger partial charge in [0, 0.05) is 0 Å². The summed E-state index contributed by atoms with van der Waals surface area (Å²) in [6.45, 7) is 1.45. The summed E-state index contributed by atoms with van der Waals surface area (Å²) in [4.78, 5) is 11.6. The molecule has 1 fully saturated rings. The lowest BCUT2D eigenvalue weighted by molar-refractivity contribution is -0.122. The third-order valence-electron chi connectivity index (χ3n) is 2.33. The van der Waals surface area contributed by atoms with E-state index < -0.39 is 27.3 Å². The number of carbonyl (C=O) groups excluding carboxylic acids is 1. The normalized spacial score (nSPS) is 29.3. The summed E-state index contributed by atoms with van der Waals surface area (Å²) in [5.74, 6) is -0.402. The first-order valence-electron chi connectivity index (χ1n) is 4.53. The van der Waals surface area contributed by atoms with Crippen molar-refractivity contribution in [2.75, 3.05) is 0 Å². The molecule has 0 saturated carbocycles. The summed E-state index contributed by atoms with van der Waals surface area (Å²) in [5.41, 5.74) is 0.465. The lowest BCUT2D eigenvalue weighted by Gasteiger charge is -2.05. The van der Waals surface area contributed by atoms with E-state index in [0.717, 1.165) is 0 Å². The molecule has 0 spiro atoms. The lowest BCUT2D eigenvalue weighted by atomic mass is 10.1. The molecule has 0 bridgehead atoms. The fourth-order valence-corrected chi connectivity index (χ4v) is 3.19. The van der Waals surface area contributed by atoms with Gasteiger partial charge in [0.2, 0.25) is 0 Å². The molecule has 0 amide bonds. The zero-order valence-electron chi connectivity index (χ0n) is 8.08. The average Bonchev–Trinajstić information content (AvgIpc) is 2.37. The van der Waals surface area contributed by atoms with E-state index in [0.29, 0.717) is 5.56 Å². The Bertz CT molecular complexity index is 477. The van der Waals surface area contributed by atoms with Crippen LogP contribution in [0.3, 0.4) is 0 Å². The van der Waals surface area contributed by atoms with Crippen LogP contribution in [0, 0.1) is 0 Å². The highest BCUT2D eigenvalue weighted by Crippen LogP contribution is 2.33. The fourth-order valence-electron chi connectivity index (χ4n) is 1.62. The molecule has 0 N–H and O–H groups in total. The Morgan fingerprint density at radius 1 is 1.20 bits per heavy atom. The summed E-state index contributed by atoms with van der Waals surface area (Å²) < 4.78 is 27.7. The lowest BCUT2D eigenvalue weighted by Crippen LogP contribution is -2.16. The number of rotatable bonds is 1. The van der Waals surface area contributed by atoms with Crippen LogP contribution >= 0.6 is 0 Å². The van der Waals surface area contributed by atoms with Gasteiger partial charge in [-0.15, -0.1) is 0 Å². The van der Waals surface area contributed by atoms with E-state index in [1.165, 1.54) is 6.92 Å². The largest absolute Gasteiger partial charge is 0.295 e. The van der Waals surface area contributed by atoms with Crippen molar-refractivity contribution in [2.24, 2.45) is 0 Å². The van der Waals surface area contributed by atoms with Gasteiger partial charge in [-0.3, -0.25) is 8.98 Å². The van der Waals surface area contributed by atoms with Gasteiger partial charge in [0.25, 0.3) is 10.1 Å². The minimum atomic E-state index is -3.79. The second-order valence-corrected chi connectivity index (χ2v) is 5.07. The van der Waals surface area contributed by atoms with E-state index in [9.17, 15) is 13.2 Å². The van der Waals surface area contributed by atoms with Crippen LogP contribution in [0.5, 0.6) is 0 Å². The smallest absolute Gasteiger partial charge is 0.282 e. The molecule has 0 radical (unpaired) electrons. The van der Waals surface area contributed by atoms with Crippen LogP contribution in [0.25, 0.3) is 0 Å². The molecular formula is C10H10O4S. The van der Waals surface area contributed by atoms with Gasteiger partial charge in [-0.25, -0.2) is 0 Å². The second kappa shape index (κ2) is 3.43. The molecule has 1 aromatic carbocycles. The number of ketones is 1. The second-order valence-electron chi connectivity index (χ2n) is 3.42. The Morgan fingerprint density at radius 2 is 1.80 bits per heavy atom. The highest BCUT2D eigenvalue weighted by Gasteiger charge is 2.46. The zero-order valence-corrected chi connectivity index (χ0v) is 8.90. The molecule has 1 heterocycles. The number of carbonyl (C=O) groups is 1. The van der Waals surface area contributed by atoms with Crippen molar-refractivity contribution in [3.8, 4) is 0 Å². The minimum absolute atomic E-state index is 0.402. The Morgan fingerprint density at radius 3 is 2.27 bits per heavy atom. The summed E-state index contributed by atoms with van der Waals surface area (Å²) in [5, 5.41) is -1.16. The Hall–Kier alpha value is -1.20. The number of benzene rings is 1. The van der Waals surface area contributed by atoms with Crippen LogP contribution in [-0.2, 0) is 19.1 Å². The molecule has 1 aliphatic heterocycles. The average molecular weight is 226 g/mol. The third-order valence-corrected chi connectivity index (χ3v) is 3.97. The fraction of sp³-hybridized carbons (Fsp3) is 0.300. The highest BCUT2D eigenvalue weighted by atomic mass is 32.2. The van der Waals surface area contributed by atoms with Crippen LogP contribution in [0.2, 0.25) is 0 Å². The molecule has 1 saturated heterocycles. The summed E-state index contributed by atoms with van der Waals surface area (Å²) in [7, 11) is -3.79. The van der Waals surface area contributed by atoms with E-state index >= 15 is 0 Å². The first-order chi connectivity index (χ1) is 7.02. The molecule has 2 unspecified atom stereocenters. The van der Waals surface area contributed by atoms with Crippen LogP contribution < -0.4 is 0 Å². The maximum absolute atomic E-state index is 11.6. The van der Waals surface area contributed by atoms with Crippen molar-refractivity contribution in [1.29, 1.82) is 0 Å². The predicted molar refractivity (Wildman–Crippen MR) is 53.7 cm³/mol. The van der Waals surface area contributed by atoms with E-state index in [-0.39, 0.29) is 0 Å². The van der Waals surface area contributed by atoms with Crippen LogP contribution in [0.15, 0.2) is 30.3 Å². The molecule has 4 nitrogen and oxygen atoms in total. The van der Waals surface area contributed by atoms with Gasteiger partial charge in [0.1, 0.15) is 6.10 Å². The van der Waals surface area contributed by atoms with Crippen molar-refractivity contribution in [3.63, 3.8) is 0 Å². The van der Waals surface area contributed by atoms with Gasteiger partial charge in [0.05, 0.1) is 0 Å². The van der Waals surface area contributed by atoms with E-state index in [1.54, 1.807) is 30.3 Å². The molecule has 1 aliphatic rings. The Kier molecular flexibility index (Phi) is 2.36. The van der Waals surface area contributed by atoms with Crippen molar-refractivity contribution in [3.05, 3.63) is 35.9 Å². The SMILES string of the molecule is CC1OS(=O)(=O)C(c2ccccc2)C1=O. The predicted octanol–water partition coefficient (Wildman–Crippen LogP) is 1.05. The Labute approximate surface area is 88.0 Å². The molecule has 15 heavy (non-hydrogen) atoms. The number of Topliss-reactive ketones (excluding diaryl/α,β-unsaturated/α-hetero) is 1. The number of hydrogen-bond donors (Lipinski definition) is 0. The standard InChI is InChI=1S/C10H10O4S/c1-7-9(11)10(15(12,13)14-7)8-5-3-2-4-6-8/h2-7,10H,1H3. The number of hydrogen-bond acceptors (Lipinski definition) is 4. The van der Waals surface area contributed by atoms with E-state index in [1.807, 2.05) is 0 Å². The molecule has 5 heteroatoms. The van der Waals surface area contributed by atoms with Crippen molar-refractivity contribution < 1.29 is 17.4 Å². The molecule has 2 rings (SSSR count). The van der Waals surface area contributed by atoms with E-state index in [2.05, 4.69) is 4.18 Å². The van der Waals surface area contributed by atoms with Gasteiger partial charge < -0.3 is 0 Å². The maximum Gasteiger partial charge on any atom is 0.282 e. The van der Waals surface area contributed by atoms with Crippen LogP contribution in [-0.4, -0.2) is 20.3 Å². The van der Waals surface area contributed by atoms with Gasteiger partial charge in [0.15, 0.2) is 11.0 Å².